The van der Waals surface area contributed by atoms with Gasteiger partial charge in [0.25, 0.3) is 5.91 Å². The van der Waals surface area contributed by atoms with Crippen LogP contribution in [0.15, 0.2) is 46.9 Å². The molecule has 2 aromatic rings. The van der Waals surface area contributed by atoms with E-state index in [1.165, 1.54) is 0 Å². The smallest absolute Gasteiger partial charge is 0.354 e. The summed E-state index contributed by atoms with van der Waals surface area (Å²) in [6.07, 6.45) is 3.43. The van der Waals surface area contributed by atoms with Crippen LogP contribution in [0.2, 0.25) is 0 Å². The van der Waals surface area contributed by atoms with Gasteiger partial charge in [-0.25, -0.2) is 9.78 Å². The predicted molar refractivity (Wildman–Crippen MR) is 148 cm³/mol. The SMILES string of the molecule is COc1ccc(-c2ccc(C)c(C(=O)O)n2)c(C)c1[C@H]1C2=C(CC(C)(C)CC2=O)OC2=C1C(=O)N(C)C1(CC1)C2. The summed E-state index contributed by atoms with van der Waals surface area (Å²) in [6.45, 7) is 7.76. The summed E-state index contributed by atoms with van der Waals surface area (Å²) in [5.41, 5.74) is 3.80. The molecule has 1 fully saturated rings. The van der Waals surface area contributed by atoms with Crippen molar-refractivity contribution in [3.8, 4) is 17.0 Å². The third-order valence-electron chi connectivity index (χ3n) is 9.13. The number of ketones is 1. The number of aromatic carboxylic acids is 1. The summed E-state index contributed by atoms with van der Waals surface area (Å²) < 4.78 is 12.4. The fraction of sp³-hybridized carbons (Fsp3) is 0.438. The maximum atomic E-state index is 14.1. The van der Waals surface area contributed by atoms with Gasteiger partial charge in [0.05, 0.1) is 29.8 Å². The quantitative estimate of drug-likeness (QED) is 0.545. The van der Waals surface area contributed by atoms with E-state index in [2.05, 4.69) is 18.8 Å². The van der Waals surface area contributed by atoms with Gasteiger partial charge in [0.15, 0.2) is 11.5 Å². The van der Waals surface area contributed by atoms with Crippen molar-refractivity contribution >= 4 is 17.7 Å². The number of hydrogen-bond acceptors (Lipinski definition) is 6. The van der Waals surface area contributed by atoms with E-state index in [4.69, 9.17) is 9.47 Å². The second-order valence-corrected chi connectivity index (χ2v) is 12.4. The lowest BCUT2D eigenvalue weighted by atomic mass is 9.68. The van der Waals surface area contributed by atoms with Gasteiger partial charge in [0.2, 0.25) is 0 Å². The van der Waals surface area contributed by atoms with Crippen LogP contribution < -0.4 is 4.74 Å². The molecule has 1 N–H and O–H groups in total. The lowest BCUT2D eigenvalue weighted by Gasteiger charge is -2.44. The van der Waals surface area contributed by atoms with E-state index in [1.54, 1.807) is 26.2 Å². The number of rotatable bonds is 4. The van der Waals surface area contributed by atoms with E-state index in [0.29, 0.717) is 70.1 Å². The van der Waals surface area contributed by atoms with E-state index in [0.717, 1.165) is 18.4 Å². The Morgan fingerprint density at radius 1 is 1.05 bits per heavy atom. The Balaban J connectivity index is 1.61. The standard InChI is InChI=1S/C32H34N2O6/c1-16-7-9-19(33-28(16)30(37)38)18-8-10-21(39-6)24(17(18)2)27-25-20(35)13-31(3,4)14-22(25)40-23-15-32(11-12-32)34(5)29(36)26(23)27/h7-10,27H,11-15H2,1-6H3,(H,37,38)/t27-/m0/s1. The molecule has 0 unspecified atom stereocenters. The Morgan fingerprint density at radius 3 is 2.40 bits per heavy atom. The van der Waals surface area contributed by atoms with E-state index >= 15 is 0 Å². The topological polar surface area (TPSA) is 106 Å². The average molecular weight is 543 g/mol. The number of nitrogens with zero attached hydrogens (tertiary/aromatic N) is 2. The number of likely N-dealkylation sites (N-methyl/N-ethyl adjacent to an activating group) is 1. The number of Topliss-reactive ketones (excluding diaryl/α,β-unsaturated/α-hetero) is 1. The molecule has 2 aliphatic carbocycles. The molecule has 8 heteroatoms. The number of carboxylic acids is 1. The minimum atomic E-state index is -1.10. The van der Waals surface area contributed by atoms with Crippen molar-refractivity contribution in [1.29, 1.82) is 0 Å². The van der Waals surface area contributed by atoms with Gasteiger partial charge in [-0.1, -0.05) is 19.9 Å². The van der Waals surface area contributed by atoms with Crippen molar-refractivity contribution in [1.82, 2.24) is 9.88 Å². The van der Waals surface area contributed by atoms with Crippen LogP contribution in [0.25, 0.3) is 11.3 Å². The Morgan fingerprint density at radius 2 is 1.75 bits per heavy atom. The molecule has 1 aromatic heterocycles. The van der Waals surface area contributed by atoms with E-state index in [9.17, 15) is 19.5 Å². The normalized spacial score (nSPS) is 22.6. The minimum absolute atomic E-state index is 0.0150. The van der Waals surface area contributed by atoms with E-state index < -0.39 is 11.9 Å². The molecule has 1 saturated carbocycles. The molecule has 40 heavy (non-hydrogen) atoms. The molecule has 8 nitrogen and oxygen atoms in total. The molecule has 208 valence electrons. The summed E-state index contributed by atoms with van der Waals surface area (Å²) in [5, 5.41) is 9.69. The van der Waals surface area contributed by atoms with Gasteiger partial charge >= 0.3 is 5.97 Å². The predicted octanol–water partition coefficient (Wildman–Crippen LogP) is 5.48. The highest BCUT2D eigenvalue weighted by Gasteiger charge is 2.57. The highest BCUT2D eigenvalue weighted by molar-refractivity contribution is 6.06. The van der Waals surface area contributed by atoms with E-state index in [1.807, 2.05) is 31.0 Å². The fourth-order valence-electron chi connectivity index (χ4n) is 6.75. The van der Waals surface area contributed by atoms with Crippen LogP contribution in [-0.4, -0.2) is 52.3 Å². The Bertz CT molecular complexity index is 1580. The lowest BCUT2D eigenvalue weighted by molar-refractivity contribution is -0.131. The van der Waals surface area contributed by atoms with Gasteiger partial charge in [-0.2, -0.15) is 0 Å². The van der Waals surface area contributed by atoms with Crippen molar-refractivity contribution < 1.29 is 29.0 Å². The van der Waals surface area contributed by atoms with Crippen molar-refractivity contribution in [2.75, 3.05) is 14.2 Å². The zero-order valence-corrected chi connectivity index (χ0v) is 23.8. The first-order chi connectivity index (χ1) is 18.9. The highest BCUT2D eigenvalue weighted by Crippen LogP contribution is 2.58. The number of aromatic nitrogens is 1. The Labute approximate surface area is 233 Å². The van der Waals surface area contributed by atoms with Crippen molar-refractivity contribution in [2.45, 2.75) is 71.3 Å². The number of benzene rings is 1. The molecule has 0 bridgehead atoms. The molecule has 0 saturated heterocycles. The lowest BCUT2D eigenvalue weighted by Crippen LogP contribution is -2.47. The van der Waals surface area contributed by atoms with Crippen LogP contribution in [0.4, 0.5) is 0 Å². The first-order valence-electron chi connectivity index (χ1n) is 13.7. The fourth-order valence-corrected chi connectivity index (χ4v) is 6.75. The summed E-state index contributed by atoms with van der Waals surface area (Å²) in [7, 11) is 3.42. The number of pyridine rings is 1. The molecule has 1 aromatic carbocycles. The maximum absolute atomic E-state index is 14.1. The zero-order valence-electron chi connectivity index (χ0n) is 23.8. The summed E-state index contributed by atoms with van der Waals surface area (Å²) >= 11 is 0. The number of carbonyl (C=O) groups is 3. The highest BCUT2D eigenvalue weighted by atomic mass is 16.5. The van der Waals surface area contributed by atoms with Crippen LogP contribution >= 0.6 is 0 Å². The minimum Gasteiger partial charge on any atom is -0.496 e. The van der Waals surface area contributed by atoms with Crippen molar-refractivity contribution in [2.24, 2.45) is 5.41 Å². The van der Waals surface area contributed by atoms with Crippen molar-refractivity contribution in [3.05, 3.63) is 69.3 Å². The molecule has 4 aliphatic rings. The molecule has 1 amide bonds. The monoisotopic (exact) mass is 542 g/mol. The number of carboxylic acid groups (broad SMARTS) is 1. The first-order valence-corrected chi connectivity index (χ1v) is 13.7. The van der Waals surface area contributed by atoms with Gasteiger partial charge in [0.1, 0.15) is 17.3 Å². The van der Waals surface area contributed by atoms with Crippen LogP contribution in [0.3, 0.4) is 0 Å². The summed E-state index contributed by atoms with van der Waals surface area (Å²) in [5.74, 6) is -0.0558. The number of methoxy groups -OCH3 is 1. The third kappa shape index (κ3) is 3.87. The van der Waals surface area contributed by atoms with Crippen LogP contribution in [0.5, 0.6) is 5.75 Å². The average Bonchev–Trinajstić information content (AvgIpc) is 3.65. The van der Waals surface area contributed by atoms with Crippen LogP contribution in [0, 0.1) is 19.3 Å². The molecule has 2 aliphatic heterocycles. The number of aryl methyl sites for hydroxylation is 1. The van der Waals surface area contributed by atoms with Gasteiger partial charge in [-0.05, 0) is 61.4 Å². The second kappa shape index (κ2) is 8.78. The Kier molecular flexibility index (Phi) is 5.77. The van der Waals surface area contributed by atoms with Crippen molar-refractivity contribution in [3.63, 3.8) is 0 Å². The first kappa shape index (κ1) is 26.3. The zero-order chi connectivity index (χ0) is 28.7. The van der Waals surface area contributed by atoms with Gasteiger partial charge in [-0.3, -0.25) is 9.59 Å². The van der Waals surface area contributed by atoms with Gasteiger partial charge in [-0.15, -0.1) is 0 Å². The van der Waals surface area contributed by atoms with Gasteiger partial charge < -0.3 is 19.5 Å². The summed E-state index contributed by atoms with van der Waals surface area (Å²) in [6, 6.07) is 7.20. The number of amides is 1. The number of carbonyl (C=O) groups excluding carboxylic acids is 2. The Hall–Kier alpha value is -3.94. The molecule has 1 spiro atoms. The molecule has 6 rings (SSSR count). The second-order valence-electron chi connectivity index (χ2n) is 12.4. The molecular weight excluding hydrogens is 508 g/mol. The maximum Gasteiger partial charge on any atom is 0.354 e. The number of ether oxygens (including phenoxy) is 2. The van der Waals surface area contributed by atoms with Gasteiger partial charge in [0, 0.05) is 43.0 Å². The number of hydrogen-bond donors (Lipinski definition) is 1. The third-order valence-corrected chi connectivity index (χ3v) is 9.13. The summed E-state index contributed by atoms with van der Waals surface area (Å²) in [4.78, 5) is 46.1. The molecule has 3 heterocycles. The largest absolute Gasteiger partial charge is 0.496 e. The van der Waals surface area contributed by atoms with E-state index in [-0.39, 0.29) is 28.3 Å². The molecule has 1 atom stereocenters. The molecule has 0 radical (unpaired) electrons. The molecular formula is C32H34N2O6. The number of allylic oxidation sites excluding steroid dienone is 2. The van der Waals surface area contributed by atoms with Crippen LogP contribution in [0.1, 0.15) is 79.0 Å². The van der Waals surface area contributed by atoms with Crippen LogP contribution in [-0.2, 0) is 14.3 Å².